The summed E-state index contributed by atoms with van der Waals surface area (Å²) in [4.78, 5) is 12.0. The van der Waals surface area contributed by atoms with Crippen molar-refractivity contribution < 1.29 is 4.79 Å². The number of rotatable bonds is 8. The fourth-order valence-electron chi connectivity index (χ4n) is 2.22. The maximum atomic E-state index is 12.0. The van der Waals surface area contributed by atoms with Gasteiger partial charge in [0.25, 0.3) is 0 Å². The minimum atomic E-state index is -0.230. The fourth-order valence-corrected chi connectivity index (χ4v) is 2.95. The first-order chi connectivity index (χ1) is 10.4. The van der Waals surface area contributed by atoms with Gasteiger partial charge in [0.2, 0.25) is 5.91 Å². The Morgan fingerprint density at radius 3 is 2.68 bits per heavy atom. The highest BCUT2D eigenvalue weighted by Gasteiger charge is 2.13. The lowest BCUT2D eigenvalue weighted by molar-refractivity contribution is -0.120. The van der Waals surface area contributed by atoms with Crippen LogP contribution < -0.4 is 10.5 Å². The van der Waals surface area contributed by atoms with E-state index in [2.05, 4.69) is 31.6 Å². The number of allylic oxidation sites excluding steroid dienone is 2. The molecule has 3 nitrogen and oxygen atoms in total. The summed E-state index contributed by atoms with van der Waals surface area (Å²) in [6.45, 7) is 8.34. The zero-order chi connectivity index (χ0) is 16.5. The Hall–Kier alpha value is -1.26. The summed E-state index contributed by atoms with van der Waals surface area (Å²) in [5.74, 6) is 0.435. The highest BCUT2D eigenvalue weighted by molar-refractivity contribution is 7.98. The number of hydrogen-bond acceptors (Lipinski definition) is 3. The van der Waals surface area contributed by atoms with Crippen LogP contribution >= 0.6 is 11.9 Å². The van der Waals surface area contributed by atoms with Crippen LogP contribution in [0.4, 0.5) is 0 Å². The van der Waals surface area contributed by atoms with Gasteiger partial charge in [0.1, 0.15) is 0 Å². The largest absolute Gasteiger partial charge is 0.314 e. The summed E-state index contributed by atoms with van der Waals surface area (Å²) in [6, 6.07) is 7.99. The SMILES string of the molecule is CC(C)=CCCC(C)CC(=O)NSC(N)c1ccccc1C. The van der Waals surface area contributed by atoms with Crippen LogP contribution in [0.5, 0.6) is 0 Å². The third-order valence-electron chi connectivity index (χ3n) is 3.54. The Labute approximate surface area is 138 Å². The van der Waals surface area contributed by atoms with Crippen LogP contribution in [-0.2, 0) is 4.79 Å². The van der Waals surface area contributed by atoms with Crippen LogP contribution in [0.25, 0.3) is 0 Å². The van der Waals surface area contributed by atoms with Gasteiger partial charge in [-0.15, -0.1) is 0 Å². The second-order valence-electron chi connectivity index (χ2n) is 6.09. The summed E-state index contributed by atoms with van der Waals surface area (Å²) in [6.07, 6.45) is 4.83. The zero-order valence-electron chi connectivity index (χ0n) is 14.1. The number of carbonyl (C=O) groups is 1. The molecule has 0 radical (unpaired) electrons. The lowest BCUT2D eigenvalue weighted by Gasteiger charge is -2.15. The molecule has 1 aromatic rings. The average molecular weight is 321 g/mol. The van der Waals surface area contributed by atoms with Crippen molar-refractivity contribution >= 4 is 17.9 Å². The molecule has 0 spiro atoms. The summed E-state index contributed by atoms with van der Waals surface area (Å²) in [5.41, 5.74) is 9.66. The van der Waals surface area contributed by atoms with Crippen LogP contribution in [0.15, 0.2) is 35.9 Å². The number of benzene rings is 1. The lowest BCUT2D eigenvalue weighted by atomic mass is 10.0. The third-order valence-corrected chi connectivity index (χ3v) is 4.39. The van der Waals surface area contributed by atoms with Gasteiger partial charge in [0, 0.05) is 6.42 Å². The molecule has 1 aromatic carbocycles. The molecule has 0 bridgehead atoms. The topological polar surface area (TPSA) is 55.1 Å². The van der Waals surface area contributed by atoms with E-state index in [4.69, 9.17) is 5.73 Å². The van der Waals surface area contributed by atoms with Crippen molar-refractivity contribution in [3.63, 3.8) is 0 Å². The molecule has 4 heteroatoms. The van der Waals surface area contributed by atoms with Crippen molar-refractivity contribution in [2.45, 2.75) is 52.3 Å². The number of carbonyl (C=O) groups excluding carboxylic acids is 1. The molecule has 22 heavy (non-hydrogen) atoms. The van der Waals surface area contributed by atoms with Gasteiger partial charge in [-0.05, 0) is 62.6 Å². The van der Waals surface area contributed by atoms with Gasteiger partial charge in [-0.25, -0.2) is 0 Å². The molecule has 3 N–H and O–H groups in total. The monoisotopic (exact) mass is 320 g/mol. The third kappa shape index (κ3) is 7.14. The molecule has 2 atom stereocenters. The minimum absolute atomic E-state index is 0.0544. The second kappa shape index (κ2) is 9.70. The lowest BCUT2D eigenvalue weighted by Crippen LogP contribution is -2.22. The molecular weight excluding hydrogens is 292 g/mol. The minimum Gasteiger partial charge on any atom is -0.314 e. The molecule has 0 aliphatic rings. The van der Waals surface area contributed by atoms with Crippen LogP contribution in [0.2, 0.25) is 0 Å². The molecule has 0 fully saturated rings. The Balaban J connectivity index is 2.33. The van der Waals surface area contributed by atoms with E-state index < -0.39 is 0 Å². The number of nitrogens with one attached hydrogen (secondary N) is 1. The summed E-state index contributed by atoms with van der Waals surface area (Å²) in [7, 11) is 0. The molecular formula is C18H28N2OS. The zero-order valence-corrected chi connectivity index (χ0v) is 14.9. The summed E-state index contributed by atoms with van der Waals surface area (Å²) in [5, 5.41) is -0.230. The van der Waals surface area contributed by atoms with Gasteiger partial charge in [0.05, 0.1) is 5.37 Å². The Bertz CT molecular complexity index is 510. The van der Waals surface area contributed by atoms with Gasteiger partial charge >= 0.3 is 0 Å². The van der Waals surface area contributed by atoms with Crippen molar-refractivity contribution in [1.29, 1.82) is 0 Å². The smallest absolute Gasteiger partial charge is 0.230 e. The predicted octanol–water partition coefficient (Wildman–Crippen LogP) is 4.49. The van der Waals surface area contributed by atoms with E-state index in [1.807, 2.05) is 31.2 Å². The first-order valence-electron chi connectivity index (χ1n) is 7.79. The van der Waals surface area contributed by atoms with E-state index >= 15 is 0 Å². The standard InChI is InChI=1S/C18H28N2OS/c1-13(2)8-7-9-14(3)12-17(21)20-22-18(19)16-11-6-5-10-15(16)4/h5-6,8,10-11,14,18H,7,9,12,19H2,1-4H3,(H,20,21). The molecule has 0 aliphatic carbocycles. The van der Waals surface area contributed by atoms with E-state index in [0.29, 0.717) is 12.3 Å². The Kier molecular flexibility index (Phi) is 8.28. The highest BCUT2D eigenvalue weighted by Crippen LogP contribution is 2.24. The van der Waals surface area contributed by atoms with Crippen LogP contribution in [0.1, 0.15) is 56.5 Å². The van der Waals surface area contributed by atoms with Crippen molar-refractivity contribution in [3.05, 3.63) is 47.0 Å². The maximum absolute atomic E-state index is 12.0. The van der Waals surface area contributed by atoms with Crippen molar-refractivity contribution in [2.75, 3.05) is 0 Å². The quantitative estimate of drug-likeness (QED) is 0.421. The number of amides is 1. The van der Waals surface area contributed by atoms with E-state index in [1.165, 1.54) is 17.5 Å². The molecule has 1 amide bonds. The maximum Gasteiger partial charge on any atom is 0.230 e. The Morgan fingerprint density at radius 2 is 2.05 bits per heavy atom. The molecule has 2 unspecified atom stereocenters. The van der Waals surface area contributed by atoms with Gasteiger partial charge in [0.15, 0.2) is 0 Å². The fraction of sp³-hybridized carbons (Fsp3) is 0.500. The van der Waals surface area contributed by atoms with Crippen LogP contribution in [0, 0.1) is 12.8 Å². The van der Waals surface area contributed by atoms with Gasteiger partial charge in [-0.2, -0.15) is 0 Å². The van der Waals surface area contributed by atoms with E-state index in [9.17, 15) is 4.79 Å². The van der Waals surface area contributed by atoms with Gasteiger partial charge in [-0.3, -0.25) is 9.52 Å². The van der Waals surface area contributed by atoms with Gasteiger partial charge in [-0.1, -0.05) is 42.8 Å². The predicted molar refractivity (Wildman–Crippen MR) is 96.3 cm³/mol. The number of aryl methyl sites for hydroxylation is 1. The van der Waals surface area contributed by atoms with Crippen molar-refractivity contribution in [2.24, 2.45) is 11.7 Å². The van der Waals surface area contributed by atoms with E-state index in [-0.39, 0.29) is 11.3 Å². The van der Waals surface area contributed by atoms with E-state index in [1.54, 1.807) is 0 Å². The second-order valence-corrected chi connectivity index (χ2v) is 7.04. The first-order valence-corrected chi connectivity index (χ1v) is 8.67. The first kappa shape index (κ1) is 18.8. The molecule has 0 saturated heterocycles. The molecule has 0 saturated carbocycles. The summed E-state index contributed by atoms with van der Waals surface area (Å²) >= 11 is 1.29. The van der Waals surface area contributed by atoms with Crippen molar-refractivity contribution in [3.8, 4) is 0 Å². The molecule has 1 rings (SSSR count). The normalized spacial score (nSPS) is 13.3. The average Bonchev–Trinajstić information content (AvgIpc) is 2.44. The molecule has 122 valence electrons. The molecule has 0 aromatic heterocycles. The Morgan fingerprint density at radius 1 is 1.36 bits per heavy atom. The van der Waals surface area contributed by atoms with Gasteiger partial charge < -0.3 is 5.73 Å². The van der Waals surface area contributed by atoms with E-state index in [0.717, 1.165) is 24.0 Å². The highest BCUT2D eigenvalue weighted by atomic mass is 32.2. The number of hydrogen-bond donors (Lipinski definition) is 2. The molecule has 0 heterocycles. The molecule has 0 aliphatic heterocycles. The van der Waals surface area contributed by atoms with Crippen molar-refractivity contribution in [1.82, 2.24) is 4.72 Å². The number of nitrogens with two attached hydrogens (primary N) is 1. The summed E-state index contributed by atoms with van der Waals surface area (Å²) < 4.78 is 2.88. The van der Waals surface area contributed by atoms with Crippen LogP contribution in [0.3, 0.4) is 0 Å². The van der Waals surface area contributed by atoms with Crippen LogP contribution in [-0.4, -0.2) is 5.91 Å².